The normalized spacial score (nSPS) is 11.8. The van der Waals surface area contributed by atoms with Crippen molar-refractivity contribution >= 4 is 17.7 Å². The average Bonchev–Trinajstić information content (AvgIpc) is 2.71. The fraction of sp³-hybridized carbons (Fsp3) is 0.500. The Morgan fingerprint density at radius 2 is 2.03 bits per heavy atom. The number of hydrogen-bond donors (Lipinski definition) is 3. The number of aryl methyl sites for hydroxylation is 1. The molecule has 4 N–H and O–H groups in total. The first-order valence-corrected chi connectivity index (χ1v) is 10.1. The zero-order valence-corrected chi connectivity index (χ0v) is 18.2. The molecule has 8 heteroatoms. The lowest BCUT2D eigenvalue weighted by Crippen LogP contribution is -2.23. The Balaban J connectivity index is 2.36. The molecular formula is C22H32N4O4. The van der Waals surface area contributed by atoms with E-state index in [2.05, 4.69) is 22.2 Å². The van der Waals surface area contributed by atoms with Crippen LogP contribution in [0.4, 0.5) is 11.8 Å². The van der Waals surface area contributed by atoms with Gasteiger partial charge in [-0.15, -0.1) is 0 Å². The number of nitrogens with zero attached hydrogens (tertiary/aromatic N) is 2. The van der Waals surface area contributed by atoms with Gasteiger partial charge >= 0.3 is 5.97 Å². The summed E-state index contributed by atoms with van der Waals surface area (Å²) >= 11 is 0. The van der Waals surface area contributed by atoms with Crippen LogP contribution in [0, 0.1) is 6.92 Å². The van der Waals surface area contributed by atoms with Crippen LogP contribution >= 0.6 is 0 Å². The van der Waals surface area contributed by atoms with E-state index in [1.54, 1.807) is 7.11 Å². The second-order valence-corrected chi connectivity index (χ2v) is 7.21. The molecule has 30 heavy (non-hydrogen) atoms. The molecule has 0 aliphatic heterocycles. The molecule has 0 saturated carbocycles. The van der Waals surface area contributed by atoms with Crippen molar-refractivity contribution < 1.29 is 19.4 Å². The van der Waals surface area contributed by atoms with Crippen LogP contribution in [0.2, 0.25) is 0 Å². The quantitative estimate of drug-likeness (QED) is 0.478. The highest BCUT2D eigenvalue weighted by Gasteiger charge is 2.17. The predicted octanol–water partition coefficient (Wildman–Crippen LogP) is 2.65. The fourth-order valence-electron chi connectivity index (χ4n) is 3.41. The molecule has 0 radical (unpaired) electrons. The van der Waals surface area contributed by atoms with E-state index in [1.165, 1.54) is 7.11 Å². The minimum atomic E-state index is -0.301. The van der Waals surface area contributed by atoms with Crippen LogP contribution in [0.5, 0.6) is 5.75 Å². The van der Waals surface area contributed by atoms with Gasteiger partial charge in [0.05, 0.1) is 20.6 Å². The van der Waals surface area contributed by atoms with Crippen LogP contribution in [0.1, 0.15) is 48.6 Å². The molecule has 1 aromatic heterocycles. The van der Waals surface area contributed by atoms with Gasteiger partial charge in [0.1, 0.15) is 11.6 Å². The summed E-state index contributed by atoms with van der Waals surface area (Å²) in [5.74, 6) is 1.26. The zero-order valence-electron chi connectivity index (χ0n) is 18.2. The number of aliphatic hydroxyl groups is 1. The minimum Gasteiger partial charge on any atom is -0.496 e. The third-order valence-electron chi connectivity index (χ3n) is 4.98. The van der Waals surface area contributed by atoms with Crippen molar-refractivity contribution in [3.05, 3.63) is 40.6 Å². The van der Waals surface area contributed by atoms with Crippen molar-refractivity contribution in [2.45, 2.75) is 52.0 Å². The molecule has 0 spiro atoms. The average molecular weight is 417 g/mol. The van der Waals surface area contributed by atoms with Crippen LogP contribution in [0.15, 0.2) is 18.2 Å². The molecule has 0 fully saturated rings. The van der Waals surface area contributed by atoms with E-state index in [-0.39, 0.29) is 31.0 Å². The van der Waals surface area contributed by atoms with Gasteiger partial charge in [0.2, 0.25) is 5.95 Å². The summed E-state index contributed by atoms with van der Waals surface area (Å²) in [6, 6.07) is 5.77. The maximum atomic E-state index is 11.6. The smallest absolute Gasteiger partial charge is 0.309 e. The summed E-state index contributed by atoms with van der Waals surface area (Å²) in [5.41, 5.74) is 9.36. The van der Waals surface area contributed by atoms with Gasteiger partial charge in [-0.1, -0.05) is 25.5 Å². The van der Waals surface area contributed by atoms with Crippen LogP contribution in [0.3, 0.4) is 0 Å². The zero-order chi connectivity index (χ0) is 22.1. The van der Waals surface area contributed by atoms with Crippen molar-refractivity contribution in [2.75, 3.05) is 31.9 Å². The molecule has 1 unspecified atom stereocenters. The molecule has 0 amide bonds. The molecule has 0 aliphatic rings. The summed E-state index contributed by atoms with van der Waals surface area (Å²) < 4.78 is 10.3. The van der Waals surface area contributed by atoms with Gasteiger partial charge in [0, 0.05) is 30.3 Å². The number of hydrogen-bond acceptors (Lipinski definition) is 8. The number of nitrogen functional groups attached to an aromatic ring is 1. The first-order valence-electron chi connectivity index (χ1n) is 10.1. The van der Waals surface area contributed by atoms with E-state index in [4.69, 9.17) is 15.2 Å². The Kier molecular flexibility index (Phi) is 8.86. The Hall–Kier alpha value is -2.87. The maximum absolute atomic E-state index is 11.6. The van der Waals surface area contributed by atoms with E-state index in [9.17, 15) is 9.90 Å². The molecule has 1 aromatic carbocycles. The van der Waals surface area contributed by atoms with E-state index in [1.807, 2.05) is 25.1 Å². The lowest BCUT2D eigenvalue weighted by Gasteiger charge is -2.21. The molecule has 2 rings (SSSR count). The number of esters is 1. The molecule has 0 aliphatic carbocycles. The van der Waals surface area contributed by atoms with Gasteiger partial charge in [-0.25, -0.2) is 4.98 Å². The number of nitrogens with one attached hydrogen (secondary N) is 1. The van der Waals surface area contributed by atoms with Crippen LogP contribution < -0.4 is 15.8 Å². The third-order valence-corrected chi connectivity index (χ3v) is 4.98. The monoisotopic (exact) mass is 416 g/mol. The number of anilines is 2. The second kappa shape index (κ2) is 11.3. The number of aliphatic hydroxyl groups excluding tert-OH is 1. The standard InChI is InChI=1S/C22H32N4O4/c1-5-6-17(9-10-27)25-21-18(14(2)24-22(23)26-21)13-16-8-7-15(11-19(16)29-3)12-20(28)30-4/h7-8,11,17,27H,5-6,9-10,12-13H2,1-4H3,(H3,23,24,25,26). The molecule has 8 nitrogen and oxygen atoms in total. The number of methoxy groups -OCH3 is 2. The third kappa shape index (κ3) is 6.32. The number of benzene rings is 1. The Labute approximate surface area is 177 Å². The number of aromatic nitrogens is 2. The number of ether oxygens (including phenoxy) is 2. The van der Waals surface area contributed by atoms with Crippen LogP contribution in [-0.4, -0.2) is 47.9 Å². The van der Waals surface area contributed by atoms with Crippen molar-refractivity contribution in [1.82, 2.24) is 9.97 Å². The number of nitrogens with two attached hydrogens (primary N) is 1. The summed E-state index contributed by atoms with van der Waals surface area (Å²) in [7, 11) is 2.97. The van der Waals surface area contributed by atoms with E-state index in [0.717, 1.165) is 35.2 Å². The van der Waals surface area contributed by atoms with Crippen molar-refractivity contribution in [3.63, 3.8) is 0 Å². The van der Waals surface area contributed by atoms with Gasteiger partial charge in [-0.2, -0.15) is 4.98 Å². The maximum Gasteiger partial charge on any atom is 0.309 e. The number of carbonyl (C=O) groups excluding carboxylic acids is 1. The van der Waals surface area contributed by atoms with Gasteiger partial charge in [-0.05, 0) is 37.0 Å². The summed E-state index contributed by atoms with van der Waals surface area (Å²) in [4.78, 5) is 20.3. The minimum absolute atomic E-state index is 0.0942. The highest BCUT2D eigenvalue weighted by Crippen LogP contribution is 2.28. The van der Waals surface area contributed by atoms with Crippen molar-refractivity contribution in [3.8, 4) is 5.75 Å². The van der Waals surface area contributed by atoms with Gasteiger partial charge in [0.15, 0.2) is 0 Å². The summed E-state index contributed by atoms with van der Waals surface area (Å²) in [5, 5.41) is 12.8. The molecule has 1 atom stereocenters. The van der Waals surface area contributed by atoms with Gasteiger partial charge in [0.25, 0.3) is 0 Å². The Bertz CT molecular complexity index is 851. The van der Waals surface area contributed by atoms with Crippen molar-refractivity contribution in [1.29, 1.82) is 0 Å². The molecular weight excluding hydrogens is 384 g/mol. The van der Waals surface area contributed by atoms with E-state index >= 15 is 0 Å². The summed E-state index contributed by atoms with van der Waals surface area (Å²) in [6.45, 7) is 4.10. The molecule has 0 bridgehead atoms. The Morgan fingerprint density at radius 1 is 1.27 bits per heavy atom. The van der Waals surface area contributed by atoms with Crippen molar-refractivity contribution in [2.24, 2.45) is 0 Å². The second-order valence-electron chi connectivity index (χ2n) is 7.21. The lowest BCUT2D eigenvalue weighted by molar-refractivity contribution is -0.139. The predicted molar refractivity (Wildman–Crippen MR) is 117 cm³/mol. The van der Waals surface area contributed by atoms with Gasteiger partial charge < -0.3 is 25.6 Å². The lowest BCUT2D eigenvalue weighted by atomic mass is 10.00. The Morgan fingerprint density at radius 3 is 2.67 bits per heavy atom. The molecule has 0 saturated heterocycles. The number of rotatable bonds is 11. The highest BCUT2D eigenvalue weighted by molar-refractivity contribution is 5.72. The summed E-state index contributed by atoms with van der Waals surface area (Å²) in [6.07, 6.45) is 3.25. The van der Waals surface area contributed by atoms with E-state index < -0.39 is 0 Å². The topological polar surface area (TPSA) is 120 Å². The van der Waals surface area contributed by atoms with Gasteiger partial charge in [-0.3, -0.25) is 4.79 Å². The van der Waals surface area contributed by atoms with Crippen LogP contribution in [0.25, 0.3) is 0 Å². The largest absolute Gasteiger partial charge is 0.496 e. The molecule has 2 aromatic rings. The molecule has 1 heterocycles. The van der Waals surface area contributed by atoms with E-state index in [0.29, 0.717) is 24.4 Å². The SMILES string of the molecule is CCCC(CCO)Nc1nc(N)nc(C)c1Cc1ccc(CC(=O)OC)cc1OC. The first-order chi connectivity index (χ1) is 14.4. The molecule has 164 valence electrons. The first kappa shape index (κ1) is 23.4. The van der Waals surface area contributed by atoms with Crippen LogP contribution in [-0.2, 0) is 22.4 Å². The number of carbonyl (C=O) groups is 1. The highest BCUT2D eigenvalue weighted by atomic mass is 16.5. The fourth-order valence-corrected chi connectivity index (χ4v) is 3.41.